The lowest BCUT2D eigenvalue weighted by atomic mass is 10.0. The molecule has 0 heterocycles. The molecule has 0 bridgehead atoms. The minimum absolute atomic E-state index is 0.0473. The van der Waals surface area contributed by atoms with Gasteiger partial charge in [0.1, 0.15) is 6.10 Å². The Labute approximate surface area is 402 Å². The van der Waals surface area contributed by atoms with Crippen LogP contribution in [0.15, 0.2) is 85.1 Å². The number of esters is 1. The smallest absolute Gasteiger partial charge is 0.306 e. The van der Waals surface area contributed by atoms with Gasteiger partial charge in [0.05, 0.1) is 25.2 Å². The van der Waals surface area contributed by atoms with Crippen molar-refractivity contribution in [3.63, 3.8) is 0 Å². The van der Waals surface area contributed by atoms with Gasteiger partial charge < -0.3 is 20.3 Å². The standard InChI is InChI=1S/C59H103NO5/c1-4-7-10-13-16-19-22-25-27-29-30-33-36-39-42-45-48-51-57(62)56(54-61)60-58(63)53-55(50-47-44-41-38-35-32-24-21-18-15-12-9-6-3)65-59(64)52-49-46-43-40-37-34-31-28-26-23-20-17-14-11-8-5-2/h8-9,11-12,15,17-18,20-21,24,26,28,34,37,55-57,61-62H,4-7,10,13-14,16,19,22-23,25,27,29-33,35-36,38-54H2,1-3H3,(H,60,63)/b11-8+,12-9+,18-15+,20-17+,24-21+,28-26+,37-34+. The average molecular weight is 906 g/mol. The molecule has 0 aromatic carbocycles. The number of carbonyl (C=O) groups is 2. The molecule has 6 nitrogen and oxygen atoms in total. The number of aliphatic hydroxyl groups is 2. The Balaban J connectivity index is 4.60. The molecular formula is C59H103NO5. The van der Waals surface area contributed by atoms with E-state index in [0.717, 1.165) is 116 Å². The summed E-state index contributed by atoms with van der Waals surface area (Å²) in [4.78, 5) is 26.2. The zero-order valence-corrected chi connectivity index (χ0v) is 42.6. The summed E-state index contributed by atoms with van der Waals surface area (Å²) < 4.78 is 5.92. The van der Waals surface area contributed by atoms with Gasteiger partial charge in [0.2, 0.25) is 5.91 Å². The third-order valence-electron chi connectivity index (χ3n) is 12.0. The van der Waals surface area contributed by atoms with Crippen molar-refractivity contribution < 1.29 is 24.5 Å². The molecule has 1 amide bonds. The molecule has 0 aliphatic heterocycles. The van der Waals surface area contributed by atoms with Crippen LogP contribution in [-0.2, 0) is 14.3 Å². The van der Waals surface area contributed by atoms with Crippen LogP contribution < -0.4 is 5.32 Å². The van der Waals surface area contributed by atoms with Crippen molar-refractivity contribution >= 4 is 11.9 Å². The number of rotatable bonds is 48. The minimum atomic E-state index is -0.804. The third kappa shape index (κ3) is 47.3. The summed E-state index contributed by atoms with van der Waals surface area (Å²) in [5.74, 6) is -0.533. The lowest BCUT2D eigenvalue weighted by Crippen LogP contribution is -2.46. The van der Waals surface area contributed by atoms with E-state index in [4.69, 9.17) is 4.74 Å². The molecule has 3 atom stereocenters. The van der Waals surface area contributed by atoms with Gasteiger partial charge in [-0.15, -0.1) is 0 Å². The van der Waals surface area contributed by atoms with Crippen molar-refractivity contribution in [1.82, 2.24) is 5.32 Å². The lowest BCUT2D eigenvalue weighted by molar-refractivity contribution is -0.151. The second kappa shape index (κ2) is 52.0. The Hall–Kier alpha value is -2.96. The van der Waals surface area contributed by atoms with Crippen LogP contribution in [-0.4, -0.2) is 46.9 Å². The number of hydrogen-bond acceptors (Lipinski definition) is 5. The summed E-state index contributed by atoms with van der Waals surface area (Å²) in [7, 11) is 0. The summed E-state index contributed by atoms with van der Waals surface area (Å²) in [5, 5.41) is 23.8. The minimum Gasteiger partial charge on any atom is -0.462 e. The number of nitrogens with one attached hydrogen (secondary N) is 1. The van der Waals surface area contributed by atoms with Gasteiger partial charge in [-0.1, -0.05) is 241 Å². The van der Waals surface area contributed by atoms with Crippen LogP contribution in [0.1, 0.15) is 252 Å². The first-order valence-corrected chi connectivity index (χ1v) is 27.3. The van der Waals surface area contributed by atoms with Crippen LogP contribution in [0.5, 0.6) is 0 Å². The summed E-state index contributed by atoms with van der Waals surface area (Å²) in [6, 6.07) is -0.720. The monoisotopic (exact) mass is 906 g/mol. The Bertz CT molecular complexity index is 1250. The van der Waals surface area contributed by atoms with Crippen LogP contribution in [0.25, 0.3) is 0 Å². The average Bonchev–Trinajstić information content (AvgIpc) is 3.30. The molecule has 3 N–H and O–H groups in total. The van der Waals surface area contributed by atoms with Crippen molar-refractivity contribution in [2.75, 3.05) is 6.61 Å². The molecule has 0 rings (SSSR count). The molecular weight excluding hydrogens is 803 g/mol. The first kappa shape index (κ1) is 62.0. The molecule has 65 heavy (non-hydrogen) atoms. The molecule has 0 aliphatic rings. The number of ether oxygens (including phenoxy) is 1. The van der Waals surface area contributed by atoms with Gasteiger partial charge in [-0.05, 0) is 83.5 Å². The predicted molar refractivity (Wildman–Crippen MR) is 282 cm³/mol. The van der Waals surface area contributed by atoms with E-state index >= 15 is 0 Å². The van der Waals surface area contributed by atoms with Crippen molar-refractivity contribution in [2.24, 2.45) is 0 Å². The largest absolute Gasteiger partial charge is 0.462 e. The summed E-state index contributed by atoms with van der Waals surface area (Å²) >= 11 is 0. The normalized spacial score (nSPS) is 13.9. The molecule has 0 aliphatic carbocycles. The second-order valence-corrected chi connectivity index (χ2v) is 18.3. The fourth-order valence-corrected chi connectivity index (χ4v) is 7.95. The molecule has 0 aromatic heterocycles. The van der Waals surface area contributed by atoms with E-state index in [1.807, 2.05) is 0 Å². The number of hydrogen-bond donors (Lipinski definition) is 3. The van der Waals surface area contributed by atoms with Crippen LogP contribution in [0.3, 0.4) is 0 Å². The highest BCUT2D eigenvalue weighted by molar-refractivity contribution is 5.77. The summed E-state index contributed by atoms with van der Waals surface area (Å²) in [6.07, 6.45) is 67.9. The summed E-state index contributed by atoms with van der Waals surface area (Å²) in [6.45, 7) is 6.24. The molecule has 0 radical (unpaired) electrons. The number of unbranched alkanes of at least 4 members (excludes halogenated alkanes) is 24. The Kier molecular flexibility index (Phi) is 49.6. The topological polar surface area (TPSA) is 95.9 Å². The maximum absolute atomic E-state index is 13.2. The zero-order valence-electron chi connectivity index (χ0n) is 42.6. The molecule has 374 valence electrons. The molecule has 6 heteroatoms. The van der Waals surface area contributed by atoms with E-state index in [-0.39, 0.29) is 24.9 Å². The SMILES string of the molecule is CC/C=C/C=C/C=C/CCCCCCCC(CC(=O)NC(CO)C(O)CCCCCCCCCCCCCCCCCCC)OC(=O)CCCCC/C=C/C/C=C/C/C=C/C/C=C/CC. The van der Waals surface area contributed by atoms with Crippen LogP contribution in [0.2, 0.25) is 0 Å². The van der Waals surface area contributed by atoms with Gasteiger partial charge in [0.25, 0.3) is 0 Å². The fraction of sp³-hybridized carbons (Fsp3) is 0.729. The maximum Gasteiger partial charge on any atom is 0.306 e. The van der Waals surface area contributed by atoms with Gasteiger partial charge in [0.15, 0.2) is 0 Å². The van der Waals surface area contributed by atoms with E-state index < -0.39 is 18.2 Å². The van der Waals surface area contributed by atoms with Gasteiger partial charge in [-0.3, -0.25) is 9.59 Å². The molecule has 0 fully saturated rings. The quantitative estimate of drug-likeness (QED) is 0.0245. The first-order chi connectivity index (χ1) is 32.0. The van der Waals surface area contributed by atoms with Crippen LogP contribution in [0, 0.1) is 0 Å². The highest BCUT2D eigenvalue weighted by atomic mass is 16.5. The van der Waals surface area contributed by atoms with Gasteiger partial charge in [0, 0.05) is 6.42 Å². The molecule has 0 aromatic rings. The molecule has 3 unspecified atom stereocenters. The van der Waals surface area contributed by atoms with E-state index in [1.54, 1.807) is 0 Å². The lowest BCUT2D eigenvalue weighted by Gasteiger charge is -2.24. The molecule has 0 spiro atoms. The fourth-order valence-electron chi connectivity index (χ4n) is 7.95. The van der Waals surface area contributed by atoms with Crippen molar-refractivity contribution in [3.05, 3.63) is 85.1 Å². The molecule has 0 saturated heterocycles. The van der Waals surface area contributed by atoms with E-state index in [9.17, 15) is 19.8 Å². The van der Waals surface area contributed by atoms with Crippen molar-refractivity contribution in [1.29, 1.82) is 0 Å². The highest BCUT2D eigenvalue weighted by Crippen LogP contribution is 2.18. The van der Waals surface area contributed by atoms with E-state index in [2.05, 4.69) is 111 Å². The highest BCUT2D eigenvalue weighted by Gasteiger charge is 2.24. The Morgan fingerprint density at radius 3 is 1.43 bits per heavy atom. The number of amides is 1. The Morgan fingerprint density at radius 1 is 0.477 bits per heavy atom. The number of allylic oxidation sites excluding steroid dienone is 14. The second-order valence-electron chi connectivity index (χ2n) is 18.3. The maximum atomic E-state index is 13.2. The van der Waals surface area contributed by atoms with E-state index in [1.165, 1.54) is 89.9 Å². The van der Waals surface area contributed by atoms with Crippen LogP contribution >= 0.6 is 0 Å². The van der Waals surface area contributed by atoms with Gasteiger partial charge in [-0.25, -0.2) is 0 Å². The van der Waals surface area contributed by atoms with Gasteiger partial charge in [-0.2, -0.15) is 0 Å². The summed E-state index contributed by atoms with van der Waals surface area (Å²) in [5.41, 5.74) is 0. The third-order valence-corrected chi connectivity index (χ3v) is 12.0. The van der Waals surface area contributed by atoms with Crippen LogP contribution in [0.4, 0.5) is 0 Å². The number of carbonyl (C=O) groups excluding carboxylic acids is 2. The zero-order chi connectivity index (χ0) is 47.4. The number of aliphatic hydroxyl groups excluding tert-OH is 2. The van der Waals surface area contributed by atoms with E-state index in [0.29, 0.717) is 19.3 Å². The van der Waals surface area contributed by atoms with Crippen molar-refractivity contribution in [2.45, 2.75) is 270 Å². The predicted octanol–water partition coefficient (Wildman–Crippen LogP) is 16.7. The Morgan fingerprint density at radius 2 is 0.908 bits per heavy atom. The van der Waals surface area contributed by atoms with Gasteiger partial charge >= 0.3 is 5.97 Å². The molecule has 0 saturated carbocycles. The first-order valence-electron chi connectivity index (χ1n) is 27.3. The van der Waals surface area contributed by atoms with Crippen molar-refractivity contribution in [3.8, 4) is 0 Å².